The Balaban J connectivity index is 1.73. The van der Waals surface area contributed by atoms with Gasteiger partial charge >= 0.3 is 0 Å². The van der Waals surface area contributed by atoms with Crippen molar-refractivity contribution in [3.05, 3.63) is 59.7 Å². The molecule has 0 aromatic heterocycles. The molecule has 114 valence electrons. The van der Waals surface area contributed by atoms with E-state index < -0.39 is 0 Å². The Hall–Kier alpha value is -2.29. The van der Waals surface area contributed by atoms with Gasteiger partial charge in [-0.2, -0.15) is 0 Å². The van der Waals surface area contributed by atoms with Crippen LogP contribution >= 0.6 is 0 Å². The van der Waals surface area contributed by atoms with Gasteiger partial charge in [-0.15, -0.1) is 0 Å². The minimum Gasteiger partial charge on any atom is -0.374 e. The number of benzene rings is 2. The molecule has 1 aliphatic heterocycles. The Labute approximate surface area is 132 Å². The SMILES string of the molecule is CCc1cccc(N[C@@H](C)C(=O)N2CCc3ccccc32)c1. The summed E-state index contributed by atoms with van der Waals surface area (Å²) in [5.41, 5.74) is 4.60. The number of fused-ring (bicyclic) bond motifs is 1. The van der Waals surface area contributed by atoms with Gasteiger partial charge in [-0.1, -0.05) is 37.3 Å². The first-order chi connectivity index (χ1) is 10.7. The third-order valence-corrected chi connectivity index (χ3v) is 4.24. The first-order valence-electron chi connectivity index (χ1n) is 7.94. The largest absolute Gasteiger partial charge is 0.374 e. The lowest BCUT2D eigenvalue weighted by molar-refractivity contribution is -0.118. The van der Waals surface area contributed by atoms with Gasteiger partial charge in [0.2, 0.25) is 5.91 Å². The number of nitrogens with zero attached hydrogens (tertiary/aromatic N) is 1. The summed E-state index contributed by atoms with van der Waals surface area (Å²) in [6, 6.07) is 16.2. The maximum Gasteiger partial charge on any atom is 0.249 e. The normalized spacial score (nSPS) is 14.5. The van der Waals surface area contributed by atoms with Crippen LogP contribution < -0.4 is 10.2 Å². The summed E-state index contributed by atoms with van der Waals surface area (Å²) in [6.07, 6.45) is 1.94. The van der Waals surface area contributed by atoms with E-state index in [4.69, 9.17) is 0 Å². The molecular weight excluding hydrogens is 272 g/mol. The van der Waals surface area contributed by atoms with E-state index >= 15 is 0 Å². The van der Waals surface area contributed by atoms with Gasteiger partial charge in [-0.05, 0) is 49.1 Å². The first-order valence-corrected chi connectivity index (χ1v) is 7.94. The zero-order chi connectivity index (χ0) is 15.5. The number of para-hydroxylation sites is 1. The molecule has 0 spiro atoms. The number of carbonyl (C=O) groups excluding carboxylic acids is 1. The number of anilines is 2. The molecule has 2 aromatic rings. The highest BCUT2D eigenvalue weighted by Crippen LogP contribution is 2.28. The molecule has 1 heterocycles. The monoisotopic (exact) mass is 294 g/mol. The summed E-state index contributed by atoms with van der Waals surface area (Å²) in [7, 11) is 0. The minimum absolute atomic E-state index is 0.131. The average Bonchev–Trinajstić information content (AvgIpc) is 2.98. The van der Waals surface area contributed by atoms with Crippen LogP contribution in [0.25, 0.3) is 0 Å². The Bertz CT molecular complexity index is 681. The van der Waals surface area contributed by atoms with Gasteiger partial charge in [0.1, 0.15) is 6.04 Å². The van der Waals surface area contributed by atoms with Crippen LogP contribution in [0.15, 0.2) is 48.5 Å². The number of rotatable bonds is 4. The van der Waals surface area contributed by atoms with Crippen molar-refractivity contribution in [1.29, 1.82) is 0 Å². The molecule has 0 bridgehead atoms. The van der Waals surface area contributed by atoms with Gasteiger partial charge in [-0.3, -0.25) is 4.79 Å². The van der Waals surface area contributed by atoms with Gasteiger partial charge in [-0.25, -0.2) is 0 Å². The van der Waals surface area contributed by atoms with Gasteiger partial charge in [0.05, 0.1) is 0 Å². The number of aryl methyl sites for hydroxylation is 1. The van der Waals surface area contributed by atoms with E-state index in [1.165, 1.54) is 11.1 Å². The van der Waals surface area contributed by atoms with Crippen molar-refractivity contribution >= 4 is 17.3 Å². The van der Waals surface area contributed by atoms with Crippen LogP contribution in [0.2, 0.25) is 0 Å². The second-order valence-electron chi connectivity index (χ2n) is 5.79. The number of nitrogens with one attached hydrogen (secondary N) is 1. The molecule has 22 heavy (non-hydrogen) atoms. The van der Waals surface area contributed by atoms with Crippen molar-refractivity contribution in [2.45, 2.75) is 32.7 Å². The zero-order valence-electron chi connectivity index (χ0n) is 13.2. The van der Waals surface area contributed by atoms with Crippen molar-refractivity contribution in [2.75, 3.05) is 16.8 Å². The van der Waals surface area contributed by atoms with Crippen LogP contribution in [0.4, 0.5) is 11.4 Å². The molecule has 0 fully saturated rings. The topological polar surface area (TPSA) is 32.3 Å². The third-order valence-electron chi connectivity index (χ3n) is 4.24. The van der Waals surface area contributed by atoms with Gasteiger partial charge in [0, 0.05) is 17.9 Å². The minimum atomic E-state index is -0.238. The van der Waals surface area contributed by atoms with Crippen LogP contribution in [0.1, 0.15) is 25.0 Å². The van der Waals surface area contributed by atoms with Gasteiger partial charge in [0.15, 0.2) is 0 Å². The predicted molar refractivity (Wildman–Crippen MR) is 91.4 cm³/mol. The standard InChI is InChI=1S/C19H22N2O/c1-3-15-7-6-9-17(13-15)20-14(2)19(22)21-12-11-16-8-4-5-10-18(16)21/h4-10,13-14,20H,3,11-12H2,1-2H3/t14-/m0/s1. The van der Waals surface area contributed by atoms with E-state index in [-0.39, 0.29) is 11.9 Å². The molecule has 0 radical (unpaired) electrons. The predicted octanol–water partition coefficient (Wildman–Crippen LogP) is 3.64. The Kier molecular flexibility index (Phi) is 4.14. The number of hydrogen-bond donors (Lipinski definition) is 1. The summed E-state index contributed by atoms with van der Waals surface area (Å²) in [5.74, 6) is 0.131. The fourth-order valence-electron chi connectivity index (χ4n) is 2.99. The van der Waals surface area contributed by atoms with E-state index in [2.05, 4.69) is 30.4 Å². The fraction of sp³-hybridized carbons (Fsp3) is 0.316. The van der Waals surface area contributed by atoms with E-state index in [0.29, 0.717) is 0 Å². The summed E-state index contributed by atoms with van der Waals surface area (Å²) < 4.78 is 0. The lowest BCUT2D eigenvalue weighted by atomic mass is 10.1. The second kappa shape index (κ2) is 6.22. The van der Waals surface area contributed by atoms with Crippen LogP contribution in [0, 0.1) is 0 Å². The summed E-state index contributed by atoms with van der Waals surface area (Å²) in [5, 5.41) is 3.33. The molecule has 3 nitrogen and oxygen atoms in total. The van der Waals surface area contributed by atoms with Crippen molar-refractivity contribution in [3.63, 3.8) is 0 Å². The molecule has 0 unspecified atom stereocenters. The molecule has 3 rings (SSSR count). The summed E-state index contributed by atoms with van der Waals surface area (Å²) in [4.78, 5) is 14.6. The fourth-order valence-corrected chi connectivity index (χ4v) is 2.99. The van der Waals surface area contributed by atoms with E-state index in [0.717, 1.165) is 30.8 Å². The summed E-state index contributed by atoms with van der Waals surface area (Å²) >= 11 is 0. The van der Waals surface area contributed by atoms with Crippen LogP contribution in [-0.4, -0.2) is 18.5 Å². The molecular formula is C19H22N2O. The lowest BCUT2D eigenvalue weighted by Gasteiger charge is -2.23. The lowest BCUT2D eigenvalue weighted by Crippen LogP contribution is -2.40. The second-order valence-corrected chi connectivity index (χ2v) is 5.79. The quantitative estimate of drug-likeness (QED) is 0.933. The highest BCUT2D eigenvalue weighted by atomic mass is 16.2. The van der Waals surface area contributed by atoms with E-state index in [9.17, 15) is 4.79 Å². The Morgan fingerprint density at radius 3 is 2.86 bits per heavy atom. The number of amides is 1. The van der Waals surface area contributed by atoms with E-state index in [1.54, 1.807) is 0 Å². The Morgan fingerprint density at radius 1 is 1.23 bits per heavy atom. The van der Waals surface area contributed by atoms with Crippen molar-refractivity contribution in [3.8, 4) is 0 Å². The molecule has 0 saturated heterocycles. The highest BCUT2D eigenvalue weighted by molar-refractivity contribution is 6.00. The van der Waals surface area contributed by atoms with Crippen LogP contribution in [0.3, 0.4) is 0 Å². The molecule has 1 amide bonds. The molecule has 3 heteroatoms. The zero-order valence-corrected chi connectivity index (χ0v) is 13.2. The van der Waals surface area contributed by atoms with E-state index in [1.807, 2.05) is 42.2 Å². The molecule has 2 aromatic carbocycles. The van der Waals surface area contributed by atoms with Gasteiger partial charge in [0.25, 0.3) is 0 Å². The average molecular weight is 294 g/mol. The highest BCUT2D eigenvalue weighted by Gasteiger charge is 2.27. The van der Waals surface area contributed by atoms with Crippen molar-refractivity contribution in [2.24, 2.45) is 0 Å². The van der Waals surface area contributed by atoms with Crippen molar-refractivity contribution in [1.82, 2.24) is 0 Å². The summed E-state index contributed by atoms with van der Waals surface area (Å²) in [6.45, 7) is 4.84. The third kappa shape index (κ3) is 2.84. The Morgan fingerprint density at radius 2 is 2.05 bits per heavy atom. The number of hydrogen-bond acceptors (Lipinski definition) is 2. The maximum atomic E-state index is 12.7. The smallest absolute Gasteiger partial charge is 0.249 e. The van der Waals surface area contributed by atoms with Crippen molar-refractivity contribution < 1.29 is 4.79 Å². The van der Waals surface area contributed by atoms with Crippen LogP contribution in [-0.2, 0) is 17.6 Å². The molecule has 1 atom stereocenters. The molecule has 0 aliphatic carbocycles. The van der Waals surface area contributed by atoms with Gasteiger partial charge < -0.3 is 10.2 Å². The molecule has 0 saturated carbocycles. The first kappa shape index (κ1) is 14.6. The maximum absolute atomic E-state index is 12.7. The molecule has 1 N–H and O–H groups in total. The molecule has 1 aliphatic rings. The number of carbonyl (C=O) groups is 1. The van der Waals surface area contributed by atoms with Crippen LogP contribution in [0.5, 0.6) is 0 Å².